The summed E-state index contributed by atoms with van der Waals surface area (Å²) in [5.41, 5.74) is 1.07. The predicted molar refractivity (Wildman–Crippen MR) is 81.4 cm³/mol. The van der Waals surface area contributed by atoms with Crippen molar-refractivity contribution in [2.45, 2.75) is 0 Å². The van der Waals surface area contributed by atoms with Gasteiger partial charge in [-0.1, -0.05) is 0 Å². The molecule has 0 aliphatic carbocycles. The number of rotatable bonds is 8. The Bertz CT molecular complexity index is 589. The SMILES string of the molecule is O=C(c1ccc(O)cc1)c1ccc(OCCOCCO)cc1. The summed E-state index contributed by atoms with van der Waals surface area (Å²) < 4.78 is 10.5. The molecule has 2 aromatic rings. The third kappa shape index (κ3) is 4.58. The van der Waals surface area contributed by atoms with Crippen molar-refractivity contribution in [2.75, 3.05) is 26.4 Å². The van der Waals surface area contributed by atoms with Crippen molar-refractivity contribution in [2.24, 2.45) is 0 Å². The molecule has 0 aliphatic rings. The third-order valence-corrected chi connectivity index (χ3v) is 2.98. The molecule has 2 rings (SSSR count). The maximum Gasteiger partial charge on any atom is 0.193 e. The monoisotopic (exact) mass is 302 g/mol. The van der Waals surface area contributed by atoms with Crippen molar-refractivity contribution in [1.29, 1.82) is 0 Å². The van der Waals surface area contributed by atoms with E-state index < -0.39 is 0 Å². The topological polar surface area (TPSA) is 76.0 Å². The minimum Gasteiger partial charge on any atom is -0.508 e. The zero-order chi connectivity index (χ0) is 15.8. The van der Waals surface area contributed by atoms with Crippen molar-refractivity contribution >= 4 is 5.78 Å². The van der Waals surface area contributed by atoms with Crippen molar-refractivity contribution in [1.82, 2.24) is 0 Å². The molecule has 0 radical (unpaired) electrons. The van der Waals surface area contributed by atoms with Gasteiger partial charge in [0, 0.05) is 11.1 Å². The van der Waals surface area contributed by atoms with E-state index in [9.17, 15) is 9.90 Å². The molecule has 22 heavy (non-hydrogen) atoms. The van der Waals surface area contributed by atoms with E-state index >= 15 is 0 Å². The Balaban J connectivity index is 1.91. The minimum absolute atomic E-state index is 0.00588. The van der Waals surface area contributed by atoms with E-state index in [0.29, 0.717) is 36.7 Å². The molecule has 0 bridgehead atoms. The van der Waals surface area contributed by atoms with Gasteiger partial charge in [-0.2, -0.15) is 0 Å². The van der Waals surface area contributed by atoms with Gasteiger partial charge in [-0.25, -0.2) is 0 Å². The normalized spacial score (nSPS) is 10.4. The van der Waals surface area contributed by atoms with Crippen LogP contribution < -0.4 is 4.74 Å². The molecule has 0 unspecified atom stereocenters. The molecule has 0 spiro atoms. The highest BCUT2D eigenvalue weighted by Gasteiger charge is 2.09. The van der Waals surface area contributed by atoms with Crippen LogP contribution in [0.15, 0.2) is 48.5 Å². The molecule has 0 amide bonds. The summed E-state index contributed by atoms with van der Waals surface area (Å²) in [5.74, 6) is 0.663. The number of ether oxygens (including phenoxy) is 2. The molecule has 2 aromatic carbocycles. The van der Waals surface area contributed by atoms with Crippen molar-refractivity contribution < 1.29 is 24.5 Å². The fraction of sp³-hybridized carbons (Fsp3) is 0.235. The lowest BCUT2D eigenvalue weighted by Crippen LogP contribution is -2.09. The molecular weight excluding hydrogens is 284 g/mol. The second kappa shape index (κ2) is 8.17. The van der Waals surface area contributed by atoms with E-state index in [1.165, 1.54) is 12.1 Å². The largest absolute Gasteiger partial charge is 0.508 e. The summed E-state index contributed by atoms with van der Waals surface area (Å²) in [4.78, 5) is 12.2. The molecule has 0 heterocycles. The average Bonchev–Trinajstić information content (AvgIpc) is 2.55. The fourth-order valence-corrected chi connectivity index (χ4v) is 1.87. The van der Waals surface area contributed by atoms with Gasteiger partial charge in [0.2, 0.25) is 0 Å². The average molecular weight is 302 g/mol. The molecule has 116 valence electrons. The summed E-state index contributed by atoms with van der Waals surface area (Å²) in [5, 5.41) is 17.8. The first-order chi connectivity index (χ1) is 10.7. The first-order valence-corrected chi connectivity index (χ1v) is 6.96. The summed E-state index contributed by atoms with van der Waals surface area (Å²) >= 11 is 0. The summed E-state index contributed by atoms with van der Waals surface area (Å²) in [6, 6.07) is 13.0. The molecule has 0 saturated heterocycles. The van der Waals surface area contributed by atoms with Gasteiger partial charge in [-0.3, -0.25) is 4.79 Å². The number of hydrogen-bond donors (Lipinski definition) is 2. The Labute approximate surface area is 128 Å². The van der Waals surface area contributed by atoms with Gasteiger partial charge in [0.25, 0.3) is 0 Å². The first-order valence-electron chi connectivity index (χ1n) is 6.96. The maximum atomic E-state index is 12.2. The van der Waals surface area contributed by atoms with Gasteiger partial charge in [-0.05, 0) is 48.5 Å². The Morgan fingerprint density at radius 1 is 0.864 bits per heavy atom. The molecule has 5 nitrogen and oxygen atoms in total. The highest BCUT2D eigenvalue weighted by Crippen LogP contribution is 2.17. The van der Waals surface area contributed by atoms with Gasteiger partial charge in [0.05, 0.1) is 19.8 Å². The van der Waals surface area contributed by atoms with Crippen LogP contribution in [0, 0.1) is 0 Å². The number of aromatic hydroxyl groups is 1. The lowest BCUT2D eigenvalue weighted by Gasteiger charge is -2.07. The third-order valence-electron chi connectivity index (χ3n) is 2.98. The Morgan fingerprint density at radius 3 is 2.05 bits per heavy atom. The molecule has 2 N–H and O–H groups in total. The Hall–Kier alpha value is -2.37. The maximum absolute atomic E-state index is 12.2. The molecule has 0 saturated carbocycles. The number of hydrogen-bond acceptors (Lipinski definition) is 5. The second-order valence-corrected chi connectivity index (χ2v) is 4.58. The molecule has 5 heteroatoms. The van der Waals surface area contributed by atoms with Crippen molar-refractivity contribution in [3.63, 3.8) is 0 Å². The van der Waals surface area contributed by atoms with E-state index in [0.717, 1.165) is 0 Å². The highest BCUT2D eigenvalue weighted by molar-refractivity contribution is 6.09. The van der Waals surface area contributed by atoms with Gasteiger partial charge in [0.15, 0.2) is 5.78 Å². The van der Waals surface area contributed by atoms with Crippen LogP contribution in [-0.2, 0) is 4.74 Å². The number of ketones is 1. The van der Waals surface area contributed by atoms with Crippen LogP contribution in [0.5, 0.6) is 11.5 Å². The molecule has 0 aliphatic heterocycles. The quantitative estimate of drug-likeness (QED) is 0.576. The number of phenolic OH excluding ortho intramolecular Hbond substituents is 1. The smallest absolute Gasteiger partial charge is 0.193 e. The van der Waals surface area contributed by atoms with Gasteiger partial charge in [0.1, 0.15) is 18.1 Å². The van der Waals surface area contributed by atoms with Gasteiger partial charge >= 0.3 is 0 Å². The van der Waals surface area contributed by atoms with Crippen LogP contribution in [0.25, 0.3) is 0 Å². The van der Waals surface area contributed by atoms with Crippen LogP contribution >= 0.6 is 0 Å². The van der Waals surface area contributed by atoms with Crippen molar-refractivity contribution in [3.8, 4) is 11.5 Å². The summed E-state index contributed by atoms with van der Waals surface area (Å²) in [7, 11) is 0. The van der Waals surface area contributed by atoms with Gasteiger partial charge in [-0.15, -0.1) is 0 Å². The molecule has 0 aromatic heterocycles. The van der Waals surface area contributed by atoms with Crippen LogP contribution in [-0.4, -0.2) is 42.4 Å². The Kier molecular flexibility index (Phi) is 5.94. The van der Waals surface area contributed by atoms with Crippen LogP contribution in [0.2, 0.25) is 0 Å². The van der Waals surface area contributed by atoms with Crippen LogP contribution in [0.3, 0.4) is 0 Å². The lowest BCUT2D eigenvalue weighted by atomic mass is 10.0. The number of carbonyl (C=O) groups excluding carboxylic acids is 1. The number of benzene rings is 2. The van der Waals surface area contributed by atoms with E-state index in [-0.39, 0.29) is 18.1 Å². The Morgan fingerprint density at radius 2 is 1.45 bits per heavy atom. The molecule has 0 fully saturated rings. The minimum atomic E-state index is -0.113. The van der Waals surface area contributed by atoms with E-state index in [1.54, 1.807) is 36.4 Å². The summed E-state index contributed by atoms with van der Waals surface area (Å²) in [6.07, 6.45) is 0. The van der Waals surface area contributed by atoms with E-state index in [4.69, 9.17) is 14.6 Å². The standard InChI is InChI=1S/C17H18O5/c18-9-10-21-11-12-22-16-7-3-14(4-8-16)17(20)13-1-5-15(19)6-2-13/h1-8,18-19H,9-12H2. The van der Waals surface area contributed by atoms with E-state index in [2.05, 4.69) is 0 Å². The first kappa shape index (κ1) is 16.0. The second-order valence-electron chi connectivity index (χ2n) is 4.58. The zero-order valence-electron chi connectivity index (χ0n) is 12.1. The van der Waals surface area contributed by atoms with E-state index in [1.807, 2.05) is 0 Å². The highest BCUT2D eigenvalue weighted by atomic mass is 16.5. The van der Waals surface area contributed by atoms with Crippen LogP contribution in [0.4, 0.5) is 0 Å². The lowest BCUT2D eigenvalue weighted by molar-refractivity contribution is 0.0705. The van der Waals surface area contributed by atoms with Crippen LogP contribution in [0.1, 0.15) is 15.9 Å². The zero-order valence-corrected chi connectivity index (χ0v) is 12.1. The number of aliphatic hydroxyl groups excluding tert-OH is 1. The number of aliphatic hydroxyl groups is 1. The number of phenols is 1. The molecule has 0 atom stereocenters. The summed E-state index contributed by atoms with van der Waals surface area (Å²) in [6.45, 7) is 1.07. The fourth-order valence-electron chi connectivity index (χ4n) is 1.87. The van der Waals surface area contributed by atoms with Crippen molar-refractivity contribution in [3.05, 3.63) is 59.7 Å². The molecular formula is C17H18O5. The predicted octanol–water partition coefficient (Wildman–Crippen LogP) is 2.01. The van der Waals surface area contributed by atoms with Gasteiger partial charge < -0.3 is 19.7 Å². The number of carbonyl (C=O) groups is 1.